The largest absolute Gasteiger partial charge is 0.394 e. The molecule has 0 spiro atoms. The van der Waals surface area contributed by atoms with Crippen molar-refractivity contribution < 1.29 is 64.6 Å². The Balaban J connectivity index is 1.76. The highest BCUT2D eigenvalue weighted by atomic mass is 16.7. The van der Waals surface area contributed by atoms with Crippen molar-refractivity contribution in [3.8, 4) is 0 Å². The molecule has 2 heterocycles. The molecule has 14 heteroatoms. The molecule has 2 saturated heterocycles. The maximum absolute atomic E-state index is 13.3. The summed E-state index contributed by atoms with van der Waals surface area (Å²) in [6, 6.07) is -0.936. The van der Waals surface area contributed by atoms with Gasteiger partial charge in [-0.15, -0.1) is 0 Å². The highest BCUT2D eigenvalue weighted by Gasteiger charge is 2.51. The van der Waals surface area contributed by atoms with Crippen LogP contribution in [0.3, 0.4) is 0 Å². The minimum absolute atomic E-state index is 0.249. The van der Waals surface area contributed by atoms with Crippen LogP contribution in [0, 0.1) is 0 Å². The van der Waals surface area contributed by atoms with E-state index in [1.807, 2.05) is 6.08 Å². The van der Waals surface area contributed by atoms with Crippen molar-refractivity contribution in [1.29, 1.82) is 0 Å². The monoisotopic (exact) mass is 1110 g/mol. The van der Waals surface area contributed by atoms with E-state index in [0.29, 0.717) is 12.8 Å². The lowest BCUT2D eigenvalue weighted by molar-refractivity contribution is -0.359. The second-order valence-electron chi connectivity index (χ2n) is 22.9. The fourth-order valence-corrected chi connectivity index (χ4v) is 10.6. The molecule has 0 aromatic rings. The molecule has 2 aliphatic rings. The topological polar surface area (TPSA) is 228 Å². The molecule has 12 atom stereocenters. The number of carbonyl (C=O) groups excluding carboxylic acids is 1. The Morgan fingerprint density at radius 3 is 1.26 bits per heavy atom. The minimum atomic E-state index is -1.79. The third-order valence-electron chi connectivity index (χ3n) is 15.8. The maximum Gasteiger partial charge on any atom is 0.220 e. The average Bonchev–Trinajstić information content (AvgIpc) is 3.48. The number of rotatable bonds is 52. The minimum Gasteiger partial charge on any atom is -0.394 e. The molecular formula is C64H119NO13. The Labute approximate surface area is 474 Å². The summed E-state index contributed by atoms with van der Waals surface area (Å²) in [5.74, 6) is -0.249. The van der Waals surface area contributed by atoms with Gasteiger partial charge in [0.2, 0.25) is 5.91 Å². The maximum atomic E-state index is 13.3. The number of aliphatic hydroxyl groups excluding tert-OH is 8. The number of carbonyl (C=O) groups is 1. The summed E-state index contributed by atoms with van der Waals surface area (Å²) in [6.07, 6.45) is 44.8. The molecule has 1 amide bonds. The summed E-state index contributed by atoms with van der Waals surface area (Å²) >= 11 is 0. The molecule has 9 N–H and O–H groups in total. The number of hydrogen-bond acceptors (Lipinski definition) is 13. The number of amides is 1. The van der Waals surface area contributed by atoms with E-state index < -0.39 is 86.8 Å². The number of allylic oxidation sites excluding steroid dienone is 5. The number of unbranched alkanes of at least 4 members (excludes halogenated alkanes) is 35. The normalized spacial score (nSPS) is 24.7. The van der Waals surface area contributed by atoms with E-state index in [4.69, 9.17) is 18.9 Å². The van der Waals surface area contributed by atoms with Gasteiger partial charge in [-0.3, -0.25) is 4.79 Å². The molecule has 12 unspecified atom stereocenters. The smallest absolute Gasteiger partial charge is 0.220 e. The van der Waals surface area contributed by atoms with Gasteiger partial charge in [0.15, 0.2) is 12.6 Å². The third-order valence-corrected chi connectivity index (χ3v) is 15.8. The van der Waals surface area contributed by atoms with Crippen molar-refractivity contribution in [1.82, 2.24) is 5.32 Å². The first-order valence-corrected chi connectivity index (χ1v) is 32.2. The van der Waals surface area contributed by atoms with Gasteiger partial charge in [-0.05, 0) is 44.9 Å². The summed E-state index contributed by atoms with van der Waals surface area (Å²) in [5.41, 5.74) is 0. The number of ether oxygens (including phenoxy) is 4. The molecule has 2 fully saturated rings. The van der Waals surface area contributed by atoms with Crippen LogP contribution >= 0.6 is 0 Å². The van der Waals surface area contributed by atoms with Gasteiger partial charge in [0.05, 0.1) is 32.0 Å². The molecule has 78 heavy (non-hydrogen) atoms. The molecule has 2 aliphatic heterocycles. The van der Waals surface area contributed by atoms with E-state index in [1.165, 1.54) is 193 Å². The highest BCUT2D eigenvalue weighted by molar-refractivity contribution is 5.76. The van der Waals surface area contributed by atoms with Crippen molar-refractivity contribution in [2.24, 2.45) is 0 Å². The van der Waals surface area contributed by atoms with Crippen LogP contribution in [0.25, 0.3) is 0 Å². The zero-order valence-corrected chi connectivity index (χ0v) is 49.4. The zero-order valence-electron chi connectivity index (χ0n) is 49.4. The van der Waals surface area contributed by atoms with Crippen LogP contribution in [-0.2, 0) is 23.7 Å². The Hall–Kier alpha value is -1.79. The zero-order chi connectivity index (χ0) is 56.7. The number of nitrogens with one attached hydrogen (secondary N) is 1. The van der Waals surface area contributed by atoms with E-state index in [0.717, 1.165) is 44.9 Å². The molecule has 0 saturated carbocycles. The number of aliphatic hydroxyl groups is 8. The lowest BCUT2D eigenvalue weighted by Gasteiger charge is -2.46. The van der Waals surface area contributed by atoms with E-state index in [2.05, 4.69) is 43.5 Å². The van der Waals surface area contributed by atoms with Gasteiger partial charge in [-0.1, -0.05) is 256 Å². The van der Waals surface area contributed by atoms with Crippen molar-refractivity contribution in [2.45, 2.75) is 344 Å². The van der Waals surface area contributed by atoms with Gasteiger partial charge >= 0.3 is 0 Å². The first-order chi connectivity index (χ1) is 38.1. The fourth-order valence-electron chi connectivity index (χ4n) is 10.6. The Bertz CT molecular complexity index is 1450. The SMILES string of the molecule is CCCCCCCCCCCCCCCC/C=C/CC/C=C/CC/C=C/C(O)C(COC1OC(CO)C(OC2OC(CO)C(O)C(O)C2O)C(O)C1O)NC(=O)CCCCCCCCCCCCCCCCCCCCCC. The van der Waals surface area contributed by atoms with Gasteiger partial charge in [0.25, 0.3) is 0 Å². The third kappa shape index (κ3) is 34.6. The lowest BCUT2D eigenvalue weighted by atomic mass is 9.97. The standard InChI is InChI=1S/C64H119NO13/c1-3-5-7-9-11-13-15-17-19-21-23-25-26-27-28-29-31-33-35-37-39-41-43-45-47-53(68)52(65-56(69)48-46-44-42-40-38-36-34-32-30-24-22-20-18-16-14-12-10-8-6-4-2)51-75-63-61(74)59(72)62(55(50-67)77-63)78-64-60(73)58(71)57(70)54(49-66)76-64/h29,31,37,39,45,47,52-55,57-64,66-68,70-74H,3-28,30,32-36,38,40-44,46,48-51H2,1-2H3,(H,65,69)/b31-29+,39-37+,47-45+. The second-order valence-corrected chi connectivity index (χ2v) is 22.9. The van der Waals surface area contributed by atoms with Crippen molar-refractivity contribution in [3.05, 3.63) is 36.5 Å². The van der Waals surface area contributed by atoms with Crippen molar-refractivity contribution in [2.75, 3.05) is 19.8 Å². The first-order valence-electron chi connectivity index (χ1n) is 32.2. The van der Waals surface area contributed by atoms with Crippen LogP contribution in [0.2, 0.25) is 0 Å². The molecule has 458 valence electrons. The molecular weight excluding hydrogens is 991 g/mol. The van der Waals surface area contributed by atoms with Crippen molar-refractivity contribution >= 4 is 5.91 Å². The molecule has 0 aliphatic carbocycles. The van der Waals surface area contributed by atoms with E-state index >= 15 is 0 Å². The Morgan fingerprint density at radius 2 is 0.821 bits per heavy atom. The summed E-state index contributed by atoms with van der Waals surface area (Å²) in [4.78, 5) is 13.3. The molecule has 0 aromatic carbocycles. The molecule has 0 aromatic heterocycles. The lowest BCUT2D eigenvalue weighted by Crippen LogP contribution is -2.65. The molecule has 0 bridgehead atoms. The van der Waals surface area contributed by atoms with E-state index in [9.17, 15) is 45.6 Å². The van der Waals surface area contributed by atoms with Crippen molar-refractivity contribution in [3.63, 3.8) is 0 Å². The van der Waals surface area contributed by atoms with Gasteiger partial charge in [0.1, 0.15) is 48.8 Å². The Morgan fingerprint density at radius 1 is 0.449 bits per heavy atom. The van der Waals surface area contributed by atoms with Crippen LogP contribution in [0.4, 0.5) is 0 Å². The second kappa shape index (κ2) is 49.8. The van der Waals surface area contributed by atoms with Gasteiger partial charge in [-0.2, -0.15) is 0 Å². The van der Waals surface area contributed by atoms with E-state index in [1.54, 1.807) is 6.08 Å². The molecule has 14 nitrogen and oxygen atoms in total. The van der Waals surface area contributed by atoms with Crippen LogP contribution < -0.4 is 5.32 Å². The quantitative estimate of drug-likeness (QED) is 0.0204. The van der Waals surface area contributed by atoms with Crippen LogP contribution in [0.15, 0.2) is 36.5 Å². The summed E-state index contributed by atoms with van der Waals surface area (Å²) in [7, 11) is 0. The Kier molecular flexibility index (Phi) is 46.2. The fraction of sp³-hybridized carbons (Fsp3) is 0.891. The predicted octanol–water partition coefficient (Wildman–Crippen LogP) is 11.8. The van der Waals surface area contributed by atoms with Crippen LogP contribution in [0.1, 0.15) is 271 Å². The van der Waals surface area contributed by atoms with Crippen LogP contribution in [0.5, 0.6) is 0 Å². The predicted molar refractivity (Wildman–Crippen MR) is 314 cm³/mol. The van der Waals surface area contributed by atoms with Gasteiger partial charge in [0, 0.05) is 6.42 Å². The summed E-state index contributed by atoms with van der Waals surface area (Å²) in [6.45, 7) is 2.81. The number of hydrogen-bond donors (Lipinski definition) is 9. The molecule has 0 radical (unpaired) electrons. The summed E-state index contributed by atoms with van der Waals surface area (Å²) < 4.78 is 22.8. The average molecular weight is 1110 g/mol. The van der Waals surface area contributed by atoms with Crippen LogP contribution in [-0.4, -0.2) is 140 Å². The van der Waals surface area contributed by atoms with E-state index in [-0.39, 0.29) is 18.9 Å². The van der Waals surface area contributed by atoms with Gasteiger partial charge < -0.3 is 65.1 Å². The summed E-state index contributed by atoms with van der Waals surface area (Å²) in [5, 5.41) is 87.2. The molecule has 2 rings (SSSR count). The highest BCUT2D eigenvalue weighted by Crippen LogP contribution is 2.30. The van der Waals surface area contributed by atoms with Gasteiger partial charge in [-0.25, -0.2) is 0 Å². The first kappa shape index (κ1) is 72.3.